The van der Waals surface area contributed by atoms with Crippen molar-refractivity contribution in [2.75, 3.05) is 18.5 Å². The summed E-state index contributed by atoms with van der Waals surface area (Å²) in [6.07, 6.45) is 0.385. The van der Waals surface area contributed by atoms with Crippen molar-refractivity contribution < 1.29 is 19.5 Å². The summed E-state index contributed by atoms with van der Waals surface area (Å²) in [6, 6.07) is 4.64. The Morgan fingerprint density at radius 2 is 2.19 bits per heavy atom. The summed E-state index contributed by atoms with van der Waals surface area (Å²) >= 11 is 0. The van der Waals surface area contributed by atoms with Gasteiger partial charge in [-0.05, 0) is 25.5 Å². The van der Waals surface area contributed by atoms with Crippen LogP contribution in [0, 0.1) is 17.0 Å². The first-order chi connectivity index (χ1) is 9.90. The lowest BCUT2D eigenvalue weighted by Crippen LogP contribution is -2.32. The molecule has 0 saturated carbocycles. The Balaban J connectivity index is 2.52. The van der Waals surface area contributed by atoms with Crippen molar-refractivity contribution in [2.45, 2.75) is 26.3 Å². The van der Waals surface area contributed by atoms with Crippen molar-refractivity contribution in [3.05, 3.63) is 33.9 Å². The molecule has 1 atom stereocenters. The molecular weight excluding hydrogens is 278 g/mol. The lowest BCUT2D eigenvalue weighted by atomic mass is 10.2. The third kappa shape index (κ3) is 6.09. The SMILES string of the molecule is Cc1ccc(OCCCO[N+](=O)[O-])cc1NC(=O)C(C)N. The summed E-state index contributed by atoms with van der Waals surface area (Å²) in [7, 11) is 0. The van der Waals surface area contributed by atoms with Crippen LogP contribution in [0.2, 0.25) is 0 Å². The predicted octanol–water partition coefficient (Wildman–Crippen LogP) is 1.26. The standard InChI is InChI=1S/C13H19N3O5/c1-9-4-5-11(20-6-3-7-21-16(18)19)8-12(9)15-13(17)10(2)14/h4-5,8,10H,3,6-7,14H2,1-2H3,(H,15,17). The van der Waals surface area contributed by atoms with Crippen LogP contribution >= 0.6 is 0 Å². The Morgan fingerprint density at radius 3 is 2.81 bits per heavy atom. The fraction of sp³-hybridized carbons (Fsp3) is 0.462. The van der Waals surface area contributed by atoms with Crippen LogP contribution < -0.4 is 15.8 Å². The summed E-state index contributed by atoms with van der Waals surface area (Å²) in [5, 5.41) is 11.8. The minimum absolute atomic E-state index is 0.0207. The number of hydrogen-bond donors (Lipinski definition) is 2. The van der Waals surface area contributed by atoms with Crippen LogP contribution in [0.25, 0.3) is 0 Å². The van der Waals surface area contributed by atoms with Crippen LogP contribution in [0.3, 0.4) is 0 Å². The molecule has 1 aromatic carbocycles. The largest absolute Gasteiger partial charge is 0.493 e. The van der Waals surface area contributed by atoms with Crippen molar-refractivity contribution in [1.29, 1.82) is 0 Å². The maximum absolute atomic E-state index is 11.6. The Bertz CT molecular complexity index is 505. The second-order valence-corrected chi connectivity index (χ2v) is 4.51. The van der Waals surface area contributed by atoms with Gasteiger partial charge in [0.1, 0.15) is 5.75 Å². The summed E-state index contributed by atoms with van der Waals surface area (Å²) in [5.74, 6) is 0.274. The van der Waals surface area contributed by atoms with E-state index < -0.39 is 11.1 Å². The van der Waals surface area contributed by atoms with Crippen molar-refractivity contribution in [2.24, 2.45) is 5.73 Å². The zero-order valence-electron chi connectivity index (χ0n) is 12.0. The molecular formula is C13H19N3O5. The lowest BCUT2D eigenvalue weighted by molar-refractivity contribution is -0.757. The second-order valence-electron chi connectivity index (χ2n) is 4.51. The van der Waals surface area contributed by atoms with E-state index in [0.29, 0.717) is 17.9 Å². The molecule has 0 saturated heterocycles. The molecule has 21 heavy (non-hydrogen) atoms. The van der Waals surface area contributed by atoms with Gasteiger partial charge in [-0.15, -0.1) is 10.1 Å². The van der Waals surface area contributed by atoms with E-state index in [1.54, 1.807) is 25.1 Å². The number of aryl methyl sites for hydroxylation is 1. The molecule has 0 fully saturated rings. The van der Waals surface area contributed by atoms with Crippen LogP contribution in [0.5, 0.6) is 5.75 Å². The molecule has 1 rings (SSSR count). The number of amides is 1. The second kappa shape index (κ2) is 8.05. The highest BCUT2D eigenvalue weighted by atomic mass is 16.9. The third-order valence-corrected chi connectivity index (χ3v) is 2.63. The number of carbonyl (C=O) groups is 1. The van der Waals surface area contributed by atoms with Crippen molar-refractivity contribution in [1.82, 2.24) is 0 Å². The maximum atomic E-state index is 11.6. The average Bonchev–Trinajstić information content (AvgIpc) is 2.41. The molecule has 0 spiro atoms. The molecule has 0 heterocycles. The molecule has 1 amide bonds. The fourth-order valence-corrected chi connectivity index (χ4v) is 1.46. The van der Waals surface area contributed by atoms with Gasteiger partial charge in [0.2, 0.25) is 5.91 Å². The highest BCUT2D eigenvalue weighted by Gasteiger charge is 2.10. The number of hydrogen-bond acceptors (Lipinski definition) is 6. The molecule has 0 aliphatic heterocycles. The van der Waals surface area contributed by atoms with E-state index in [9.17, 15) is 14.9 Å². The number of rotatable bonds is 8. The normalized spacial score (nSPS) is 11.6. The quantitative estimate of drug-likeness (QED) is 0.424. The van der Waals surface area contributed by atoms with Crippen molar-refractivity contribution in [3.63, 3.8) is 0 Å². The van der Waals surface area contributed by atoms with Crippen molar-refractivity contribution in [3.8, 4) is 5.75 Å². The first-order valence-electron chi connectivity index (χ1n) is 6.47. The van der Waals surface area contributed by atoms with Gasteiger partial charge in [0.05, 0.1) is 19.3 Å². The summed E-state index contributed by atoms with van der Waals surface area (Å²) in [4.78, 5) is 25.7. The van der Waals surface area contributed by atoms with Gasteiger partial charge in [0.15, 0.2) is 0 Å². The molecule has 116 valence electrons. The monoisotopic (exact) mass is 297 g/mol. The number of benzene rings is 1. The van der Waals surface area contributed by atoms with Gasteiger partial charge in [-0.1, -0.05) is 6.07 Å². The highest BCUT2D eigenvalue weighted by molar-refractivity contribution is 5.95. The van der Waals surface area contributed by atoms with Gasteiger partial charge in [-0.2, -0.15) is 0 Å². The van der Waals surface area contributed by atoms with E-state index >= 15 is 0 Å². The molecule has 0 aliphatic rings. The average molecular weight is 297 g/mol. The first-order valence-corrected chi connectivity index (χ1v) is 6.47. The minimum Gasteiger partial charge on any atom is -0.493 e. The molecule has 0 aliphatic carbocycles. The highest BCUT2D eigenvalue weighted by Crippen LogP contribution is 2.22. The molecule has 8 nitrogen and oxygen atoms in total. The number of ether oxygens (including phenoxy) is 1. The van der Waals surface area contributed by atoms with Crippen LogP contribution in [-0.4, -0.2) is 30.2 Å². The van der Waals surface area contributed by atoms with Gasteiger partial charge in [0.25, 0.3) is 5.09 Å². The summed E-state index contributed by atoms with van der Waals surface area (Å²) in [5.41, 5.74) is 7.00. The lowest BCUT2D eigenvalue weighted by Gasteiger charge is -2.13. The molecule has 1 unspecified atom stereocenters. The summed E-state index contributed by atoms with van der Waals surface area (Å²) in [6.45, 7) is 3.70. The number of carbonyl (C=O) groups excluding carboxylic acids is 1. The van der Waals surface area contributed by atoms with Gasteiger partial charge in [-0.25, -0.2) is 0 Å². The predicted molar refractivity (Wildman–Crippen MR) is 76.5 cm³/mol. The Labute approximate surface area is 122 Å². The maximum Gasteiger partial charge on any atom is 0.294 e. The molecule has 0 radical (unpaired) electrons. The van der Waals surface area contributed by atoms with Crippen LogP contribution in [-0.2, 0) is 9.63 Å². The number of nitrogens with zero attached hydrogens (tertiary/aromatic N) is 1. The van der Waals surface area contributed by atoms with Crippen LogP contribution in [0.1, 0.15) is 18.9 Å². The molecule has 3 N–H and O–H groups in total. The van der Waals surface area contributed by atoms with E-state index in [2.05, 4.69) is 10.2 Å². The number of nitrogens with one attached hydrogen (secondary N) is 1. The van der Waals surface area contributed by atoms with Gasteiger partial charge < -0.3 is 20.6 Å². The van der Waals surface area contributed by atoms with Crippen molar-refractivity contribution >= 4 is 11.6 Å². The summed E-state index contributed by atoms with van der Waals surface area (Å²) < 4.78 is 5.44. The third-order valence-electron chi connectivity index (χ3n) is 2.63. The molecule has 1 aromatic rings. The Morgan fingerprint density at radius 1 is 1.48 bits per heavy atom. The number of anilines is 1. The topological polar surface area (TPSA) is 117 Å². The minimum atomic E-state index is -0.840. The van der Waals surface area contributed by atoms with E-state index in [4.69, 9.17) is 10.5 Å². The van der Waals surface area contributed by atoms with E-state index in [-0.39, 0.29) is 19.1 Å². The zero-order valence-corrected chi connectivity index (χ0v) is 12.0. The Hall–Kier alpha value is -2.35. The fourth-order valence-electron chi connectivity index (χ4n) is 1.46. The zero-order chi connectivity index (χ0) is 15.8. The molecule has 0 aromatic heterocycles. The smallest absolute Gasteiger partial charge is 0.294 e. The van der Waals surface area contributed by atoms with Gasteiger partial charge in [0, 0.05) is 18.2 Å². The van der Waals surface area contributed by atoms with Gasteiger partial charge >= 0.3 is 0 Å². The van der Waals surface area contributed by atoms with Crippen LogP contribution in [0.15, 0.2) is 18.2 Å². The number of nitrogens with two attached hydrogens (primary N) is 1. The van der Waals surface area contributed by atoms with E-state index in [1.807, 2.05) is 6.92 Å². The van der Waals surface area contributed by atoms with Crippen LogP contribution in [0.4, 0.5) is 5.69 Å². The van der Waals surface area contributed by atoms with Gasteiger partial charge in [-0.3, -0.25) is 4.79 Å². The molecule has 8 heteroatoms. The van der Waals surface area contributed by atoms with E-state index in [0.717, 1.165) is 5.56 Å². The Kier molecular flexibility index (Phi) is 6.41. The molecule has 0 bridgehead atoms. The first kappa shape index (κ1) is 16.7. The van der Waals surface area contributed by atoms with E-state index in [1.165, 1.54) is 0 Å².